The van der Waals surface area contributed by atoms with E-state index in [0.717, 1.165) is 31.6 Å². The molecule has 0 aromatic carbocycles. The van der Waals surface area contributed by atoms with Gasteiger partial charge >= 0.3 is 6.11 Å². The monoisotopic (exact) mass is 265 g/mol. The second kappa shape index (κ2) is 10.7. The van der Waals surface area contributed by atoms with Crippen molar-refractivity contribution in [2.24, 2.45) is 5.92 Å². The van der Waals surface area contributed by atoms with Crippen LogP contribution in [0.4, 0.5) is 13.2 Å². The van der Waals surface area contributed by atoms with E-state index in [9.17, 15) is 13.2 Å². The van der Waals surface area contributed by atoms with Gasteiger partial charge in [0, 0.05) is 8.41 Å². The topological polar surface area (TPSA) is 20.2 Å². The zero-order chi connectivity index (χ0) is 13.3. The van der Waals surface area contributed by atoms with Crippen molar-refractivity contribution >= 4 is 8.41 Å². The van der Waals surface area contributed by atoms with E-state index >= 15 is 0 Å². The Kier molecular flexibility index (Phi) is 12.0. The van der Waals surface area contributed by atoms with E-state index in [-0.39, 0.29) is 14.8 Å². The third-order valence-corrected chi connectivity index (χ3v) is 2.87. The van der Waals surface area contributed by atoms with Crippen molar-refractivity contribution in [1.29, 1.82) is 0 Å². The normalized spacial score (nSPS) is 13.5. The first-order valence-electron chi connectivity index (χ1n) is 6.58. The molecule has 5 heteroatoms. The lowest BCUT2D eigenvalue weighted by molar-refractivity contribution is -0.241. The lowest BCUT2D eigenvalue weighted by Crippen LogP contribution is -2.29. The number of rotatable bonds is 10. The molecule has 1 N–H and O–H groups in total. The minimum atomic E-state index is -4.17. The van der Waals surface area contributed by atoms with Crippen LogP contribution >= 0.6 is 0 Å². The molecule has 0 bridgehead atoms. The van der Waals surface area contributed by atoms with Crippen molar-refractivity contribution in [3.8, 4) is 0 Å². The largest absolute Gasteiger partial charge is 0.384 e. The number of hydrogen-bond acceptors (Lipinski definition) is 1. The van der Waals surface area contributed by atoms with Crippen LogP contribution in [0.2, 0.25) is 0 Å². The molecule has 0 saturated heterocycles. The fourth-order valence-corrected chi connectivity index (χ4v) is 1.76. The summed E-state index contributed by atoms with van der Waals surface area (Å²) in [7, 11) is 0. The number of aliphatic hydroxyl groups is 1. The van der Waals surface area contributed by atoms with Crippen molar-refractivity contribution < 1.29 is 18.3 Å². The van der Waals surface area contributed by atoms with Gasteiger partial charge in [-0.3, -0.25) is 0 Å². The maximum Gasteiger partial charge on any atom is 0.384 e. The molecule has 1 unspecified atom stereocenters. The summed E-state index contributed by atoms with van der Waals surface area (Å²) in [6.07, 6.45) is -0.0224. The Morgan fingerprint density at radius 2 is 1.28 bits per heavy atom. The van der Waals surface area contributed by atoms with Gasteiger partial charge in [0.25, 0.3) is 0 Å². The van der Waals surface area contributed by atoms with E-state index in [1.54, 1.807) is 0 Å². The molecule has 0 aliphatic heterocycles. The maximum atomic E-state index is 12.6. The fraction of sp³-hybridized carbons (Fsp3) is 1.00. The number of halogens is 3. The summed E-state index contributed by atoms with van der Waals surface area (Å²) < 4.78 is 36.7. The second-order valence-electron chi connectivity index (χ2n) is 5.15. The van der Waals surface area contributed by atoms with Crippen LogP contribution in [-0.4, -0.2) is 25.8 Å². The lowest BCUT2D eigenvalue weighted by atomic mass is 10.0. The maximum absolute atomic E-state index is 12.6. The van der Waals surface area contributed by atoms with Crippen molar-refractivity contribution in [1.82, 2.24) is 0 Å². The first kappa shape index (κ1) is 20.1. The van der Waals surface area contributed by atoms with Crippen molar-refractivity contribution in [3.05, 3.63) is 0 Å². The fourth-order valence-electron chi connectivity index (χ4n) is 1.76. The summed E-state index contributed by atoms with van der Waals surface area (Å²) in [6, 6.07) is 0. The number of unbranched alkanes of at least 4 members (excludes halogenated alkanes) is 5. The molecule has 0 fully saturated rings. The van der Waals surface area contributed by atoms with Crippen LogP contribution in [0.5, 0.6) is 0 Å². The molecule has 107 valence electrons. The summed E-state index contributed by atoms with van der Waals surface area (Å²) in [5, 5.41) is 8.10. The summed E-state index contributed by atoms with van der Waals surface area (Å²) in [4.78, 5) is 0. The highest BCUT2D eigenvalue weighted by molar-refractivity contribution is 5.75. The molecule has 0 rings (SSSR count). The average molecular weight is 265 g/mol. The van der Waals surface area contributed by atoms with Crippen molar-refractivity contribution in [2.75, 3.05) is 0 Å². The minimum absolute atomic E-state index is 0. The summed E-state index contributed by atoms with van der Waals surface area (Å²) in [6.45, 7) is 4.38. The Balaban J connectivity index is 0. The summed E-state index contributed by atoms with van der Waals surface area (Å²) in [5.74, 6) is 0.731. The molecule has 0 spiro atoms. The van der Waals surface area contributed by atoms with Gasteiger partial charge < -0.3 is 5.11 Å². The van der Waals surface area contributed by atoms with Crippen LogP contribution in [0.15, 0.2) is 0 Å². The zero-order valence-electron chi connectivity index (χ0n) is 11.5. The van der Waals surface area contributed by atoms with Crippen molar-refractivity contribution in [2.45, 2.75) is 77.5 Å². The molecule has 1 atom stereocenters. The molecule has 0 aromatic rings. The van der Waals surface area contributed by atoms with Gasteiger partial charge in [-0.25, -0.2) is 4.39 Å². The van der Waals surface area contributed by atoms with E-state index in [4.69, 9.17) is 5.11 Å². The van der Waals surface area contributed by atoms with Gasteiger partial charge in [-0.1, -0.05) is 58.8 Å². The van der Waals surface area contributed by atoms with Gasteiger partial charge in [0.15, 0.2) is 6.17 Å². The van der Waals surface area contributed by atoms with E-state index in [0.29, 0.717) is 6.42 Å². The van der Waals surface area contributed by atoms with Crippen LogP contribution in [0, 0.1) is 5.92 Å². The summed E-state index contributed by atoms with van der Waals surface area (Å²) in [5.41, 5.74) is 0. The molecule has 0 aliphatic rings. The van der Waals surface area contributed by atoms with E-state index in [1.807, 2.05) is 0 Å². The minimum Gasteiger partial charge on any atom is -0.334 e. The van der Waals surface area contributed by atoms with E-state index in [1.165, 1.54) is 12.8 Å². The van der Waals surface area contributed by atoms with E-state index < -0.39 is 12.3 Å². The van der Waals surface area contributed by atoms with Crippen LogP contribution in [-0.2, 0) is 0 Å². The molecule has 3 radical (unpaired) electrons. The zero-order valence-corrected chi connectivity index (χ0v) is 11.5. The Bertz CT molecular complexity index is 184. The SMILES string of the molecule is CC(C)CCCCCCCCC(F)C(O)(F)F.[B]. The molecule has 1 nitrogen and oxygen atoms in total. The van der Waals surface area contributed by atoms with Crippen LogP contribution in [0.1, 0.15) is 65.2 Å². The van der Waals surface area contributed by atoms with Crippen LogP contribution < -0.4 is 0 Å². The third kappa shape index (κ3) is 12.3. The van der Waals surface area contributed by atoms with Crippen molar-refractivity contribution in [3.63, 3.8) is 0 Å². The van der Waals surface area contributed by atoms with Gasteiger partial charge in [0.1, 0.15) is 0 Å². The number of hydrogen-bond donors (Lipinski definition) is 1. The summed E-state index contributed by atoms with van der Waals surface area (Å²) >= 11 is 0. The predicted octanol–water partition coefficient (Wildman–Crippen LogP) is 4.31. The molecule has 18 heavy (non-hydrogen) atoms. The van der Waals surface area contributed by atoms with Gasteiger partial charge in [-0.15, -0.1) is 0 Å². The first-order chi connectivity index (χ1) is 7.84. The third-order valence-electron chi connectivity index (χ3n) is 2.87. The second-order valence-corrected chi connectivity index (χ2v) is 5.15. The highest BCUT2D eigenvalue weighted by atomic mass is 19.3. The molecular formula is C13H25BF3O. The Morgan fingerprint density at radius 3 is 1.67 bits per heavy atom. The molecule has 0 saturated carbocycles. The molecule has 0 amide bonds. The highest BCUT2D eigenvalue weighted by Crippen LogP contribution is 2.23. The smallest absolute Gasteiger partial charge is 0.334 e. The molecular weight excluding hydrogens is 240 g/mol. The van der Waals surface area contributed by atoms with Gasteiger partial charge in [0.2, 0.25) is 0 Å². The predicted molar refractivity (Wildman–Crippen MR) is 69.6 cm³/mol. The molecule has 0 heterocycles. The quantitative estimate of drug-likeness (QED) is 0.461. The van der Waals surface area contributed by atoms with E-state index in [2.05, 4.69) is 13.8 Å². The highest BCUT2D eigenvalue weighted by Gasteiger charge is 2.36. The Morgan fingerprint density at radius 1 is 0.889 bits per heavy atom. The standard InChI is InChI=1S/C13H25F3O.B/c1-11(2)9-7-5-3-4-6-8-10-12(14)13(15,16)17;/h11-12,17H,3-10H2,1-2H3;. The first-order valence-corrected chi connectivity index (χ1v) is 6.58. The Hall–Kier alpha value is -0.185. The number of alkyl halides is 3. The van der Waals surface area contributed by atoms with Gasteiger partial charge in [-0.05, 0) is 12.3 Å². The van der Waals surface area contributed by atoms with Crippen LogP contribution in [0.3, 0.4) is 0 Å². The van der Waals surface area contributed by atoms with Gasteiger partial charge in [-0.2, -0.15) is 8.78 Å². The molecule has 0 aromatic heterocycles. The molecule has 0 aliphatic carbocycles. The average Bonchev–Trinajstić information content (AvgIpc) is 2.19. The van der Waals surface area contributed by atoms with Crippen LogP contribution in [0.25, 0.3) is 0 Å². The lowest BCUT2D eigenvalue weighted by Gasteiger charge is -2.13. The van der Waals surface area contributed by atoms with Gasteiger partial charge in [0.05, 0.1) is 0 Å². The Labute approximate surface area is 111 Å².